The maximum Gasteiger partial charge on any atom is 0.252 e. The molecule has 3 atom stereocenters. The number of aliphatic hydroxyl groups excluding tert-OH is 2. The SMILES string of the molecule is CCCNc1cccc(C(=O)N[C@@H](CO)C(=O)N[C@@H](CC(C)C)C(=O)[C@@]2(CO)CO2)c1. The summed E-state index contributed by atoms with van der Waals surface area (Å²) in [6, 6.07) is 4.71. The highest BCUT2D eigenvalue weighted by Gasteiger charge is 2.54. The number of carbonyl (C=O) groups is 3. The van der Waals surface area contributed by atoms with Gasteiger partial charge in [-0.15, -0.1) is 0 Å². The number of aliphatic hydroxyl groups is 2. The number of anilines is 1. The summed E-state index contributed by atoms with van der Waals surface area (Å²) in [6.45, 7) is 5.61. The lowest BCUT2D eigenvalue weighted by molar-refractivity contribution is -0.133. The van der Waals surface area contributed by atoms with Gasteiger partial charge in [0.2, 0.25) is 5.91 Å². The van der Waals surface area contributed by atoms with Crippen molar-refractivity contribution < 1.29 is 29.3 Å². The van der Waals surface area contributed by atoms with Gasteiger partial charge in [0.15, 0.2) is 11.4 Å². The van der Waals surface area contributed by atoms with Crippen LogP contribution in [0.3, 0.4) is 0 Å². The van der Waals surface area contributed by atoms with Crippen molar-refractivity contribution in [2.45, 2.75) is 51.3 Å². The minimum absolute atomic E-state index is 0.0873. The van der Waals surface area contributed by atoms with Crippen LogP contribution >= 0.6 is 0 Å². The number of ether oxygens (including phenoxy) is 1. The number of benzene rings is 1. The Morgan fingerprint density at radius 2 is 1.87 bits per heavy atom. The number of amides is 2. The van der Waals surface area contributed by atoms with Crippen LogP contribution in [-0.4, -0.2) is 71.9 Å². The van der Waals surface area contributed by atoms with Crippen molar-refractivity contribution in [3.8, 4) is 0 Å². The molecule has 1 aliphatic heterocycles. The van der Waals surface area contributed by atoms with E-state index in [-0.39, 0.29) is 12.5 Å². The van der Waals surface area contributed by atoms with E-state index in [0.29, 0.717) is 12.0 Å². The molecule has 2 amide bonds. The number of ketones is 1. The van der Waals surface area contributed by atoms with Crippen molar-refractivity contribution in [2.24, 2.45) is 5.92 Å². The van der Waals surface area contributed by atoms with E-state index in [1.807, 2.05) is 26.8 Å². The average Bonchev–Trinajstić information content (AvgIpc) is 3.56. The van der Waals surface area contributed by atoms with E-state index in [4.69, 9.17) is 4.74 Å². The molecular formula is C22H33N3O6. The summed E-state index contributed by atoms with van der Waals surface area (Å²) in [7, 11) is 0. The van der Waals surface area contributed by atoms with Crippen molar-refractivity contribution in [3.63, 3.8) is 0 Å². The lowest BCUT2D eigenvalue weighted by atomic mass is 9.92. The molecule has 31 heavy (non-hydrogen) atoms. The first-order chi connectivity index (χ1) is 14.8. The van der Waals surface area contributed by atoms with Crippen LogP contribution in [0.15, 0.2) is 24.3 Å². The number of epoxide rings is 1. The van der Waals surface area contributed by atoms with E-state index in [2.05, 4.69) is 16.0 Å². The van der Waals surface area contributed by atoms with E-state index >= 15 is 0 Å². The van der Waals surface area contributed by atoms with Crippen LogP contribution in [0.4, 0.5) is 5.69 Å². The second kappa shape index (κ2) is 11.2. The zero-order valence-corrected chi connectivity index (χ0v) is 18.3. The summed E-state index contributed by atoms with van der Waals surface area (Å²) in [5.74, 6) is -1.51. The summed E-state index contributed by atoms with van der Waals surface area (Å²) < 4.78 is 5.12. The normalized spacial score (nSPS) is 19.4. The highest BCUT2D eigenvalue weighted by molar-refractivity contribution is 6.00. The molecule has 0 bridgehead atoms. The first-order valence-corrected chi connectivity index (χ1v) is 10.6. The van der Waals surface area contributed by atoms with E-state index in [9.17, 15) is 24.6 Å². The number of carbonyl (C=O) groups excluding carboxylic acids is 3. The largest absolute Gasteiger partial charge is 0.394 e. The van der Waals surface area contributed by atoms with Crippen LogP contribution < -0.4 is 16.0 Å². The smallest absolute Gasteiger partial charge is 0.252 e. The predicted octanol–water partition coefficient (Wildman–Crippen LogP) is 0.461. The molecule has 0 saturated carbocycles. The van der Waals surface area contributed by atoms with Crippen LogP contribution in [0.5, 0.6) is 0 Å². The fourth-order valence-electron chi connectivity index (χ4n) is 3.17. The van der Waals surface area contributed by atoms with Crippen molar-refractivity contribution in [2.75, 3.05) is 31.7 Å². The van der Waals surface area contributed by atoms with Crippen LogP contribution in [0.2, 0.25) is 0 Å². The first kappa shape index (κ1) is 24.8. The monoisotopic (exact) mass is 435 g/mol. The molecule has 0 unspecified atom stereocenters. The number of nitrogens with one attached hydrogen (secondary N) is 3. The number of hydrogen-bond acceptors (Lipinski definition) is 7. The second-order valence-electron chi connectivity index (χ2n) is 8.21. The number of hydrogen-bond donors (Lipinski definition) is 5. The molecule has 0 aliphatic carbocycles. The molecule has 2 rings (SSSR count). The summed E-state index contributed by atoms with van der Waals surface area (Å²) >= 11 is 0. The molecule has 172 valence electrons. The first-order valence-electron chi connectivity index (χ1n) is 10.6. The fourth-order valence-corrected chi connectivity index (χ4v) is 3.17. The standard InChI is InChI=1S/C22H33N3O6/c1-4-8-23-16-7-5-6-15(10-16)20(29)25-18(11-26)21(30)24-17(9-14(2)3)19(28)22(12-27)13-31-22/h5-7,10,14,17-18,23,26-27H,4,8-9,11-13H2,1-3H3,(H,24,30)(H,25,29)/t17-,18-,22+/m0/s1. The Bertz CT molecular complexity index is 778. The fraction of sp³-hybridized carbons (Fsp3) is 0.591. The van der Waals surface area contributed by atoms with E-state index in [1.54, 1.807) is 18.2 Å². The van der Waals surface area contributed by atoms with Gasteiger partial charge in [0.1, 0.15) is 6.04 Å². The van der Waals surface area contributed by atoms with E-state index < -0.39 is 48.5 Å². The molecule has 1 fully saturated rings. The van der Waals surface area contributed by atoms with Gasteiger partial charge in [-0.2, -0.15) is 0 Å². The van der Waals surface area contributed by atoms with Crippen molar-refractivity contribution in [1.29, 1.82) is 0 Å². The van der Waals surface area contributed by atoms with Crippen LogP contribution in [0.25, 0.3) is 0 Å². The molecule has 1 aromatic carbocycles. The minimum atomic E-state index is -1.27. The van der Waals surface area contributed by atoms with Gasteiger partial charge < -0.3 is 30.9 Å². The van der Waals surface area contributed by atoms with Crippen molar-refractivity contribution >= 4 is 23.3 Å². The van der Waals surface area contributed by atoms with Gasteiger partial charge in [0.05, 0.1) is 25.9 Å². The Kier molecular flexibility index (Phi) is 8.97. The summed E-state index contributed by atoms with van der Waals surface area (Å²) in [6.07, 6.45) is 1.27. The van der Waals surface area contributed by atoms with Crippen LogP contribution in [0, 0.1) is 5.92 Å². The Morgan fingerprint density at radius 3 is 2.42 bits per heavy atom. The Morgan fingerprint density at radius 1 is 1.16 bits per heavy atom. The molecule has 9 nitrogen and oxygen atoms in total. The average molecular weight is 436 g/mol. The number of rotatable bonds is 13. The molecule has 1 saturated heterocycles. The highest BCUT2D eigenvalue weighted by Crippen LogP contribution is 2.30. The summed E-state index contributed by atoms with van der Waals surface area (Å²) in [5, 5.41) is 27.4. The topological polar surface area (TPSA) is 140 Å². The summed E-state index contributed by atoms with van der Waals surface area (Å²) in [4.78, 5) is 38.1. The maximum atomic E-state index is 12.8. The van der Waals surface area contributed by atoms with Gasteiger partial charge in [-0.1, -0.05) is 26.8 Å². The molecular weight excluding hydrogens is 402 g/mol. The van der Waals surface area contributed by atoms with Crippen LogP contribution in [-0.2, 0) is 14.3 Å². The lowest BCUT2D eigenvalue weighted by Gasteiger charge is -2.24. The third kappa shape index (κ3) is 6.75. The van der Waals surface area contributed by atoms with E-state index in [0.717, 1.165) is 18.7 Å². The number of Topliss-reactive ketones (excluding diaryl/α,β-unsaturated/α-hetero) is 1. The maximum absolute atomic E-state index is 12.8. The molecule has 1 heterocycles. The van der Waals surface area contributed by atoms with Crippen molar-refractivity contribution in [1.82, 2.24) is 10.6 Å². The van der Waals surface area contributed by atoms with E-state index in [1.165, 1.54) is 0 Å². The molecule has 0 radical (unpaired) electrons. The molecule has 0 aromatic heterocycles. The van der Waals surface area contributed by atoms with Gasteiger partial charge in [0, 0.05) is 17.8 Å². The minimum Gasteiger partial charge on any atom is -0.394 e. The van der Waals surface area contributed by atoms with Gasteiger partial charge in [-0.3, -0.25) is 14.4 Å². The Hall–Kier alpha value is -2.49. The zero-order chi connectivity index (χ0) is 23.0. The second-order valence-corrected chi connectivity index (χ2v) is 8.21. The third-order valence-corrected chi connectivity index (χ3v) is 5.05. The van der Waals surface area contributed by atoms with Gasteiger partial charge in [-0.05, 0) is 37.0 Å². The zero-order valence-electron chi connectivity index (χ0n) is 18.3. The lowest BCUT2D eigenvalue weighted by Crippen LogP contribution is -2.55. The molecule has 0 spiro atoms. The van der Waals surface area contributed by atoms with Gasteiger partial charge in [-0.25, -0.2) is 0 Å². The van der Waals surface area contributed by atoms with Crippen molar-refractivity contribution in [3.05, 3.63) is 29.8 Å². The molecule has 1 aliphatic rings. The third-order valence-electron chi connectivity index (χ3n) is 5.05. The quantitative estimate of drug-likeness (QED) is 0.284. The van der Waals surface area contributed by atoms with Gasteiger partial charge in [0.25, 0.3) is 5.91 Å². The predicted molar refractivity (Wildman–Crippen MR) is 116 cm³/mol. The van der Waals surface area contributed by atoms with Gasteiger partial charge >= 0.3 is 0 Å². The molecule has 1 aromatic rings. The Labute approximate surface area is 182 Å². The Balaban J connectivity index is 2.05. The summed E-state index contributed by atoms with van der Waals surface area (Å²) in [5.41, 5.74) is -0.148. The van der Waals surface area contributed by atoms with Crippen LogP contribution in [0.1, 0.15) is 44.0 Å². The molecule has 5 N–H and O–H groups in total. The molecule has 9 heteroatoms. The highest BCUT2D eigenvalue weighted by atomic mass is 16.6.